The predicted molar refractivity (Wildman–Crippen MR) is 237 cm³/mol. The Labute approximate surface area is 330 Å². The molecule has 0 saturated heterocycles. The molecule has 0 bridgehead atoms. The Morgan fingerprint density at radius 1 is 0.643 bits per heavy atom. The van der Waals surface area contributed by atoms with E-state index in [2.05, 4.69) is 208 Å². The normalized spacial score (nSPS) is 13.1. The van der Waals surface area contributed by atoms with Crippen LogP contribution in [0.5, 0.6) is 5.75 Å². The summed E-state index contributed by atoms with van der Waals surface area (Å²) in [7, 11) is 0. The standard InChI is InChI=1S/C53H46N2O/c1-6-15-37(7-2)35-56-44-31-36(3)30-39(32-44)38-22-24-41(25-23-38)54(43-26-28-46-45-18-11-13-20-49(45)53(4,5)50(46)34-43)42-27-29-52-48(33-42)47-19-12-14-21-51(47)55(52)40-16-9-8-10-17-40/h7-34H,2,6,35H2,1,3-5H3/b37-15+. The zero-order valence-electron chi connectivity index (χ0n) is 32.6. The topological polar surface area (TPSA) is 17.4 Å². The first kappa shape index (κ1) is 35.1. The fourth-order valence-electron chi connectivity index (χ4n) is 8.66. The van der Waals surface area contributed by atoms with Gasteiger partial charge in [-0.05, 0) is 131 Å². The molecule has 1 aliphatic carbocycles. The van der Waals surface area contributed by atoms with Crippen LogP contribution in [0.4, 0.5) is 17.1 Å². The second-order valence-electron chi connectivity index (χ2n) is 15.4. The molecule has 1 aliphatic rings. The monoisotopic (exact) mass is 726 g/mol. The van der Waals surface area contributed by atoms with Gasteiger partial charge >= 0.3 is 0 Å². The minimum Gasteiger partial charge on any atom is -0.489 e. The molecule has 8 aromatic rings. The summed E-state index contributed by atoms with van der Waals surface area (Å²) in [5.41, 5.74) is 16.7. The van der Waals surface area contributed by atoms with Crippen molar-refractivity contribution in [3.8, 4) is 33.7 Å². The molecule has 0 atom stereocenters. The molecule has 0 radical (unpaired) electrons. The molecular weight excluding hydrogens is 681 g/mol. The summed E-state index contributed by atoms with van der Waals surface area (Å²) >= 11 is 0. The van der Waals surface area contributed by atoms with E-state index >= 15 is 0 Å². The third kappa shape index (κ3) is 6.10. The van der Waals surface area contributed by atoms with Crippen LogP contribution >= 0.6 is 0 Å². The highest BCUT2D eigenvalue weighted by molar-refractivity contribution is 6.10. The second-order valence-corrected chi connectivity index (χ2v) is 15.4. The van der Waals surface area contributed by atoms with Gasteiger partial charge in [0, 0.05) is 38.9 Å². The Balaban J connectivity index is 1.17. The first-order chi connectivity index (χ1) is 27.3. The maximum Gasteiger partial charge on any atom is 0.120 e. The Hall–Kier alpha value is -6.58. The van der Waals surface area contributed by atoms with Gasteiger partial charge in [-0.2, -0.15) is 0 Å². The van der Waals surface area contributed by atoms with E-state index in [9.17, 15) is 0 Å². The molecule has 0 fully saturated rings. The molecule has 3 nitrogen and oxygen atoms in total. The lowest BCUT2D eigenvalue weighted by atomic mass is 9.82. The number of aromatic nitrogens is 1. The highest BCUT2D eigenvalue weighted by atomic mass is 16.5. The van der Waals surface area contributed by atoms with Gasteiger partial charge in [0.25, 0.3) is 0 Å². The number of aryl methyl sites for hydroxylation is 1. The number of hydrogen-bond donors (Lipinski definition) is 0. The summed E-state index contributed by atoms with van der Waals surface area (Å²) < 4.78 is 8.63. The van der Waals surface area contributed by atoms with Crippen molar-refractivity contribution in [3.05, 3.63) is 199 Å². The summed E-state index contributed by atoms with van der Waals surface area (Å²) in [6, 6.07) is 57.7. The van der Waals surface area contributed by atoms with Crippen molar-refractivity contribution in [1.29, 1.82) is 0 Å². The summed E-state index contributed by atoms with van der Waals surface area (Å²) in [5.74, 6) is 0.860. The number of rotatable bonds is 10. The van der Waals surface area contributed by atoms with Crippen LogP contribution in [-0.2, 0) is 5.41 Å². The molecule has 274 valence electrons. The van der Waals surface area contributed by atoms with E-state index in [4.69, 9.17) is 4.74 Å². The molecule has 7 aromatic carbocycles. The SMILES string of the molecule is C=C/C(=C\CC)COc1cc(C)cc(-c2ccc(N(c3ccc4c(c3)C(C)(C)c3ccccc3-4)c3ccc4c(c3)c3ccccc3n4-c3ccccc3)cc2)c1. The number of hydrogen-bond acceptors (Lipinski definition) is 2. The van der Waals surface area contributed by atoms with E-state index in [1.165, 1.54) is 44.1 Å². The number of fused-ring (bicyclic) bond motifs is 6. The Morgan fingerprint density at radius 3 is 2.12 bits per heavy atom. The summed E-state index contributed by atoms with van der Waals surface area (Å²) in [5, 5.41) is 2.45. The van der Waals surface area contributed by atoms with Crippen molar-refractivity contribution in [2.75, 3.05) is 11.5 Å². The van der Waals surface area contributed by atoms with Crippen molar-refractivity contribution in [3.63, 3.8) is 0 Å². The van der Waals surface area contributed by atoms with Gasteiger partial charge in [-0.15, -0.1) is 0 Å². The van der Waals surface area contributed by atoms with E-state index in [0.717, 1.165) is 57.2 Å². The Kier molecular flexibility index (Phi) is 8.94. The molecule has 0 N–H and O–H groups in total. The molecule has 3 heteroatoms. The lowest BCUT2D eigenvalue weighted by molar-refractivity contribution is 0.355. The van der Waals surface area contributed by atoms with Crippen LogP contribution in [0.15, 0.2) is 182 Å². The van der Waals surface area contributed by atoms with Crippen LogP contribution in [0, 0.1) is 6.92 Å². The van der Waals surface area contributed by atoms with E-state index < -0.39 is 0 Å². The van der Waals surface area contributed by atoms with Gasteiger partial charge < -0.3 is 14.2 Å². The summed E-state index contributed by atoms with van der Waals surface area (Å²) in [4.78, 5) is 2.42. The number of allylic oxidation sites excluding steroid dienone is 1. The Morgan fingerprint density at radius 2 is 1.32 bits per heavy atom. The smallest absolute Gasteiger partial charge is 0.120 e. The lowest BCUT2D eigenvalue weighted by Crippen LogP contribution is -2.16. The van der Waals surface area contributed by atoms with Crippen molar-refractivity contribution < 1.29 is 4.74 Å². The van der Waals surface area contributed by atoms with Crippen LogP contribution in [-0.4, -0.2) is 11.2 Å². The predicted octanol–water partition coefficient (Wildman–Crippen LogP) is 14.4. The van der Waals surface area contributed by atoms with E-state index in [0.29, 0.717) is 6.61 Å². The fraction of sp³-hybridized carbons (Fsp3) is 0.132. The van der Waals surface area contributed by atoms with Crippen molar-refractivity contribution >= 4 is 38.9 Å². The molecule has 56 heavy (non-hydrogen) atoms. The molecule has 0 unspecified atom stereocenters. The van der Waals surface area contributed by atoms with Crippen LogP contribution in [0.3, 0.4) is 0 Å². The number of para-hydroxylation sites is 2. The second kappa shape index (κ2) is 14.2. The maximum atomic E-state index is 6.25. The van der Waals surface area contributed by atoms with Gasteiger partial charge in [0.1, 0.15) is 12.4 Å². The minimum atomic E-state index is -0.117. The average molecular weight is 727 g/mol. The van der Waals surface area contributed by atoms with E-state index in [1.807, 2.05) is 6.08 Å². The van der Waals surface area contributed by atoms with Gasteiger partial charge in [0.2, 0.25) is 0 Å². The maximum absolute atomic E-state index is 6.25. The Bertz CT molecular complexity index is 2780. The summed E-state index contributed by atoms with van der Waals surface area (Å²) in [6.07, 6.45) is 4.99. The first-order valence-electron chi connectivity index (χ1n) is 19.6. The minimum absolute atomic E-state index is 0.117. The lowest BCUT2D eigenvalue weighted by Gasteiger charge is -2.28. The van der Waals surface area contributed by atoms with Crippen LogP contribution < -0.4 is 9.64 Å². The molecule has 0 saturated carbocycles. The number of benzene rings is 7. The number of nitrogens with zero attached hydrogens (tertiary/aromatic N) is 2. The van der Waals surface area contributed by atoms with E-state index in [1.54, 1.807) is 0 Å². The zero-order chi connectivity index (χ0) is 38.4. The zero-order valence-corrected chi connectivity index (χ0v) is 32.6. The van der Waals surface area contributed by atoms with Gasteiger partial charge in [-0.3, -0.25) is 0 Å². The van der Waals surface area contributed by atoms with Crippen molar-refractivity contribution in [1.82, 2.24) is 4.57 Å². The largest absolute Gasteiger partial charge is 0.489 e. The highest BCUT2D eigenvalue weighted by Crippen LogP contribution is 2.51. The molecule has 1 heterocycles. The quantitative estimate of drug-likeness (QED) is 0.131. The molecular formula is C53H46N2O. The van der Waals surface area contributed by atoms with Gasteiger partial charge in [-0.25, -0.2) is 0 Å². The molecule has 1 aromatic heterocycles. The molecule has 0 amide bonds. The summed E-state index contributed by atoms with van der Waals surface area (Å²) in [6.45, 7) is 13.4. The van der Waals surface area contributed by atoms with E-state index in [-0.39, 0.29) is 5.41 Å². The first-order valence-corrected chi connectivity index (χ1v) is 19.6. The van der Waals surface area contributed by atoms with Crippen LogP contribution in [0.25, 0.3) is 49.7 Å². The molecule has 0 spiro atoms. The van der Waals surface area contributed by atoms with Crippen LogP contribution in [0.1, 0.15) is 43.9 Å². The highest BCUT2D eigenvalue weighted by Gasteiger charge is 2.35. The number of anilines is 3. The van der Waals surface area contributed by atoms with Gasteiger partial charge in [0.15, 0.2) is 0 Å². The van der Waals surface area contributed by atoms with Crippen molar-refractivity contribution in [2.45, 2.75) is 39.5 Å². The third-order valence-electron chi connectivity index (χ3n) is 11.4. The third-order valence-corrected chi connectivity index (χ3v) is 11.4. The average Bonchev–Trinajstić information content (AvgIpc) is 3.68. The fourth-order valence-corrected chi connectivity index (χ4v) is 8.66. The van der Waals surface area contributed by atoms with Gasteiger partial charge in [-0.1, -0.05) is 124 Å². The van der Waals surface area contributed by atoms with Crippen LogP contribution in [0.2, 0.25) is 0 Å². The molecule has 9 rings (SSSR count). The number of ether oxygens (including phenoxy) is 1. The van der Waals surface area contributed by atoms with Crippen molar-refractivity contribution in [2.24, 2.45) is 0 Å². The van der Waals surface area contributed by atoms with Gasteiger partial charge in [0.05, 0.1) is 11.0 Å². The molecule has 0 aliphatic heterocycles.